The van der Waals surface area contributed by atoms with Crippen LogP contribution in [-0.2, 0) is 11.2 Å². The van der Waals surface area contributed by atoms with E-state index in [0.717, 1.165) is 5.56 Å². The number of nitrogens with two attached hydrogens (primary N) is 1. The number of amides is 1. The molecule has 0 aliphatic heterocycles. The Labute approximate surface area is 95.1 Å². The first-order valence-corrected chi connectivity index (χ1v) is 5.11. The molecule has 4 heteroatoms. The lowest BCUT2D eigenvalue weighted by atomic mass is 10.1. The number of nitrogens with zero attached hydrogens (tertiary/aromatic N) is 1. The minimum Gasteiger partial charge on any atom is -0.355 e. The fourth-order valence-corrected chi connectivity index (χ4v) is 1.37. The Morgan fingerprint density at radius 3 is 2.62 bits per heavy atom. The van der Waals surface area contributed by atoms with Crippen LogP contribution in [0.5, 0.6) is 0 Å². The van der Waals surface area contributed by atoms with E-state index in [0.29, 0.717) is 18.5 Å². The fourth-order valence-electron chi connectivity index (χ4n) is 1.37. The van der Waals surface area contributed by atoms with Gasteiger partial charge in [-0.1, -0.05) is 12.1 Å². The van der Waals surface area contributed by atoms with E-state index in [1.165, 1.54) is 6.92 Å². The highest BCUT2D eigenvalue weighted by molar-refractivity contribution is 5.72. The molecule has 0 aliphatic carbocycles. The van der Waals surface area contributed by atoms with Crippen molar-refractivity contribution in [2.24, 2.45) is 5.73 Å². The summed E-state index contributed by atoms with van der Waals surface area (Å²) in [5, 5.41) is 11.3. The number of carbonyl (C=O) groups excluding carboxylic acids is 1. The first-order valence-electron chi connectivity index (χ1n) is 5.11. The third-order valence-electron chi connectivity index (χ3n) is 2.19. The normalized spacial score (nSPS) is 11.6. The summed E-state index contributed by atoms with van der Waals surface area (Å²) in [6.07, 6.45) is 0.686. The molecule has 0 radical (unpaired) electrons. The van der Waals surface area contributed by atoms with Crippen molar-refractivity contribution in [3.05, 3.63) is 35.4 Å². The molecule has 84 valence electrons. The number of benzene rings is 1. The van der Waals surface area contributed by atoms with E-state index in [4.69, 9.17) is 11.0 Å². The monoisotopic (exact) mass is 217 g/mol. The highest BCUT2D eigenvalue weighted by Crippen LogP contribution is 2.05. The third-order valence-corrected chi connectivity index (χ3v) is 2.19. The van der Waals surface area contributed by atoms with Crippen LogP contribution in [0.25, 0.3) is 0 Å². The zero-order chi connectivity index (χ0) is 12.0. The van der Waals surface area contributed by atoms with E-state index in [9.17, 15) is 4.79 Å². The smallest absolute Gasteiger partial charge is 0.216 e. The van der Waals surface area contributed by atoms with Crippen molar-refractivity contribution in [1.82, 2.24) is 5.32 Å². The van der Waals surface area contributed by atoms with Crippen LogP contribution in [0.4, 0.5) is 0 Å². The quantitative estimate of drug-likeness (QED) is 0.773. The molecule has 0 heterocycles. The van der Waals surface area contributed by atoms with Crippen LogP contribution >= 0.6 is 0 Å². The second kappa shape index (κ2) is 5.89. The minimum atomic E-state index is -0.100. The van der Waals surface area contributed by atoms with Crippen LogP contribution in [0.1, 0.15) is 18.1 Å². The molecule has 1 amide bonds. The molecule has 0 spiro atoms. The van der Waals surface area contributed by atoms with Crippen molar-refractivity contribution in [2.45, 2.75) is 19.4 Å². The highest BCUT2D eigenvalue weighted by Gasteiger charge is 2.04. The molecule has 0 aromatic heterocycles. The summed E-state index contributed by atoms with van der Waals surface area (Å²) in [5.74, 6) is -0.0738. The number of nitrogens with one attached hydrogen (secondary N) is 1. The predicted molar refractivity (Wildman–Crippen MR) is 61.5 cm³/mol. The van der Waals surface area contributed by atoms with Gasteiger partial charge in [-0.25, -0.2) is 0 Å². The summed E-state index contributed by atoms with van der Waals surface area (Å²) in [4.78, 5) is 10.7. The maximum absolute atomic E-state index is 10.7. The highest BCUT2D eigenvalue weighted by atomic mass is 16.1. The summed E-state index contributed by atoms with van der Waals surface area (Å²) in [6, 6.07) is 9.25. The lowest BCUT2D eigenvalue weighted by molar-refractivity contribution is -0.119. The molecule has 1 unspecified atom stereocenters. The summed E-state index contributed by atoms with van der Waals surface area (Å²) < 4.78 is 0. The average molecular weight is 217 g/mol. The van der Waals surface area contributed by atoms with Gasteiger partial charge in [-0.3, -0.25) is 4.79 Å². The number of carbonyl (C=O) groups is 1. The standard InChI is InChI=1S/C12H15N3O/c1-9(16)15-8-12(14)6-10-2-4-11(7-13)5-3-10/h2-5,12H,6,8,14H2,1H3,(H,15,16). The summed E-state index contributed by atoms with van der Waals surface area (Å²) in [5.41, 5.74) is 7.55. The van der Waals surface area contributed by atoms with E-state index < -0.39 is 0 Å². The van der Waals surface area contributed by atoms with Gasteiger partial charge in [0.1, 0.15) is 0 Å². The Kier molecular flexibility index (Phi) is 4.49. The van der Waals surface area contributed by atoms with Crippen molar-refractivity contribution in [3.8, 4) is 6.07 Å². The molecule has 4 nitrogen and oxygen atoms in total. The zero-order valence-electron chi connectivity index (χ0n) is 9.23. The van der Waals surface area contributed by atoms with Crippen LogP contribution in [0, 0.1) is 11.3 Å². The maximum atomic E-state index is 10.7. The van der Waals surface area contributed by atoms with Gasteiger partial charge in [0.2, 0.25) is 5.91 Å². The number of nitriles is 1. The molecule has 1 rings (SSSR count). The number of rotatable bonds is 4. The van der Waals surface area contributed by atoms with Crippen LogP contribution < -0.4 is 11.1 Å². The molecule has 3 N–H and O–H groups in total. The molecule has 1 atom stereocenters. The molecule has 0 bridgehead atoms. The topological polar surface area (TPSA) is 78.9 Å². The Morgan fingerprint density at radius 2 is 2.12 bits per heavy atom. The van der Waals surface area contributed by atoms with Gasteiger partial charge in [0.05, 0.1) is 11.6 Å². The summed E-state index contributed by atoms with van der Waals surface area (Å²) in [7, 11) is 0. The molecule has 1 aromatic carbocycles. The van der Waals surface area contributed by atoms with Crippen LogP contribution in [-0.4, -0.2) is 18.5 Å². The lowest BCUT2D eigenvalue weighted by Crippen LogP contribution is -2.37. The van der Waals surface area contributed by atoms with Gasteiger partial charge >= 0.3 is 0 Å². The summed E-state index contributed by atoms with van der Waals surface area (Å²) >= 11 is 0. The Morgan fingerprint density at radius 1 is 1.50 bits per heavy atom. The molecule has 0 aliphatic rings. The van der Waals surface area contributed by atoms with Gasteiger partial charge in [-0.15, -0.1) is 0 Å². The number of hydrogen-bond acceptors (Lipinski definition) is 3. The predicted octanol–water partition coefficient (Wildman–Crippen LogP) is 0.564. The average Bonchev–Trinajstić information content (AvgIpc) is 2.27. The van der Waals surface area contributed by atoms with Crippen molar-refractivity contribution in [2.75, 3.05) is 6.54 Å². The zero-order valence-corrected chi connectivity index (χ0v) is 9.23. The van der Waals surface area contributed by atoms with Crippen LogP contribution in [0.15, 0.2) is 24.3 Å². The molecule has 0 saturated heterocycles. The summed E-state index contributed by atoms with van der Waals surface area (Å²) in [6.45, 7) is 1.93. The fraction of sp³-hybridized carbons (Fsp3) is 0.333. The van der Waals surface area contributed by atoms with Gasteiger partial charge < -0.3 is 11.1 Å². The minimum absolute atomic E-state index is 0.0738. The SMILES string of the molecule is CC(=O)NCC(N)Cc1ccc(C#N)cc1. The van der Waals surface area contributed by atoms with Gasteiger partial charge in [-0.2, -0.15) is 5.26 Å². The van der Waals surface area contributed by atoms with Gasteiger partial charge in [0.15, 0.2) is 0 Å². The Bertz CT molecular complexity index is 392. The lowest BCUT2D eigenvalue weighted by Gasteiger charge is -2.11. The van der Waals surface area contributed by atoms with E-state index >= 15 is 0 Å². The van der Waals surface area contributed by atoms with Crippen molar-refractivity contribution in [1.29, 1.82) is 5.26 Å². The first kappa shape index (κ1) is 12.2. The molecule has 1 aromatic rings. The molecule has 16 heavy (non-hydrogen) atoms. The molecular weight excluding hydrogens is 202 g/mol. The first-order chi connectivity index (χ1) is 7.61. The second-order valence-electron chi connectivity index (χ2n) is 3.71. The van der Waals surface area contributed by atoms with E-state index in [-0.39, 0.29) is 11.9 Å². The van der Waals surface area contributed by atoms with Crippen molar-refractivity contribution in [3.63, 3.8) is 0 Å². The van der Waals surface area contributed by atoms with Gasteiger partial charge in [0, 0.05) is 19.5 Å². The van der Waals surface area contributed by atoms with E-state index in [2.05, 4.69) is 11.4 Å². The largest absolute Gasteiger partial charge is 0.355 e. The van der Waals surface area contributed by atoms with Gasteiger partial charge in [0.25, 0.3) is 0 Å². The Balaban J connectivity index is 2.47. The van der Waals surface area contributed by atoms with Crippen LogP contribution in [0.2, 0.25) is 0 Å². The Hall–Kier alpha value is -1.86. The van der Waals surface area contributed by atoms with Crippen molar-refractivity contribution < 1.29 is 4.79 Å². The van der Waals surface area contributed by atoms with E-state index in [1.54, 1.807) is 12.1 Å². The molecule has 0 saturated carbocycles. The third kappa shape index (κ3) is 4.11. The van der Waals surface area contributed by atoms with Gasteiger partial charge in [-0.05, 0) is 24.1 Å². The number of hydrogen-bond donors (Lipinski definition) is 2. The van der Waals surface area contributed by atoms with Crippen LogP contribution in [0.3, 0.4) is 0 Å². The molecule has 0 fully saturated rings. The maximum Gasteiger partial charge on any atom is 0.216 e. The molecular formula is C12H15N3O. The van der Waals surface area contributed by atoms with E-state index in [1.807, 2.05) is 12.1 Å². The second-order valence-corrected chi connectivity index (χ2v) is 3.71. The van der Waals surface area contributed by atoms with Crippen molar-refractivity contribution >= 4 is 5.91 Å².